The quantitative estimate of drug-likeness (QED) is 0.864. The molecule has 3 heteroatoms. The zero-order valence-electron chi connectivity index (χ0n) is 12.5. The van der Waals surface area contributed by atoms with Crippen LogP contribution in [0.25, 0.3) is 0 Å². The second kappa shape index (κ2) is 8.05. The molecule has 0 saturated carbocycles. The molecule has 1 aliphatic heterocycles. The molecule has 1 amide bonds. The minimum atomic E-state index is 0.284. The van der Waals surface area contributed by atoms with Crippen molar-refractivity contribution in [2.45, 2.75) is 32.1 Å². The van der Waals surface area contributed by atoms with Gasteiger partial charge in [-0.2, -0.15) is 0 Å². The van der Waals surface area contributed by atoms with E-state index in [1.807, 2.05) is 30.1 Å². The number of hydrogen-bond donors (Lipinski definition) is 1. The third-order valence-electron chi connectivity index (χ3n) is 4.17. The Bertz CT molecular complexity index is 399. The van der Waals surface area contributed by atoms with Crippen molar-refractivity contribution >= 4 is 5.91 Å². The van der Waals surface area contributed by atoms with Gasteiger partial charge in [0.05, 0.1) is 0 Å². The molecule has 1 aromatic carbocycles. The summed E-state index contributed by atoms with van der Waals surface area (Å²) >= 11 is 0. The minimum Gasteiger partial charge on any atom is -0.345 e. The number of likely N-dealkylation sites (N-methyl/N-ethyl adjacent to an activating group) is 1. The summed E-state index contributed by atoms with van der Waals surface area (Å²) in [5.74, 6) is 0.974. The maximum Gasteiger partial charge on any atom is 0.222 e. The van der Waals surface area contributed by atoms with Crippen molar-refractivity contribution in [1.82, 2.24) is 10.2 Å². The fraction of sp³-hybridized carbons (Fsp3) is 0.588. The van der Waals surface area contributed by atoms with Crippen molar-refractivity contribution in [3.05, 3.63) is 35.9 Å². The van der Waals surface area contributed by atoms with Crippen molar-refractivity contribution < 1.29 is 4.79 Å². The van der Waals surface area contributed by atoms with Gasteiger partial charge in [0.15, 0.2) is 0 Å². The molecule has 3 nitrogen and oxygen atoms in total. The van der Waals surface area contributed by atoms with E-state index in [-0.39, 0.29) is 5.91 Å². The minimum absolute atomic E-state index is 0.284. The molecule has 1 atom stereocenters. The van der Waals surface area contributed by atoms with Gasteiger partial charge in [-0.05, 0) is 50.3 Å². The van der Waals surface area contributed by atoms with Crippen LogP contribution < -0.4 is 5.32 Å². The second-order valence-corrected chi connectivity index (χ2v) is 5.80. The molecule has 1 saturated heterocycles. The molecule has 0 aromatic heterocycles. The summed E-state index contributed by atoms with van der Waals surface area (Å²) in [5.41, 5.74) is 1.30. The van der Waals surface area contributed by atoms with Crippen molar-refractivity contribution in [2.75, 3.05) is 26.7 Å². The molecule has 1 fully saturated rings. The number of nitrogens with one attached hydrogen (secondary N) is 1. The van der Waals surface area contributed by atoms with E-state index < -0.39 is 0 Å². The molecule has 1 heterocycles. The maximum atomic E-state index is 12.1. The molecule has 1 aromatic rings. The molecule has 1 unspecified atom stereocenters. The van der Waals surface area contributed by atoms with Crippen LogP contribution in [0.2, 0.25) is 0 Å². The monoisotopic (exact) mass is 274 g/mol. The van der Waals surface area contributed by atoms with Gasteiger partial charge in [-0.3, -0.25) is 4.79 Å². The van der Waals surface area contributed by atoms with Crippen LogP contribution in [0.15, 0.2) is 30.3 Å². The Kier molecular flexibility index (Phi) is 6.06. The fourth-order valence-electron chi connectivity index (χ4n) is 2.76. The third kappa shape index (κ3) is 4.97. The number of benzene rings is 1. The van der Waals surface area contributed by atoms with E-state index in [1.54, 1.807) is 0 Å². The molecular formula is C17H26N2O. The number of carbonyl (C=O) groups is 1. The molecular weight excluding hydrogens is 248 g/mol. The first kappa shape index (κ1) is 15.0. The van der Waals surface area contributed by atoms with Crippen LogP contribution in [0.1, 0.15) is 31.2 Å². The van der Waals surface area contributed by atoms with Gasteiger partial charge in [0.1, 0.15) is 0 Å². The van der Waals surface area contributed by atoms with Crippen molar-refractivity contribution in [3.8, 4) is 0 Å². The average molecular weight is 274 g/mol. The highest BCUT2D eigenvalue weighted by atomic mass is 16.2. The van der Waals surface area contributed by atoms with E-state index in [9.17, 15) is 4.79 Å². The molecule has 0 radical (unpaired) electrons. The van der Waals surface area contributed by atoms with Crippen molar-refractivity contribution in [1.29, 1.82) is 0 Å². The molecule has 20 heavy (non-hydrogen) atoms. The Morgan fingerprint density at radius 3 is 2.85 bits per heavy atom. The lowest BCUT2D eigenvalue weighted by Crippen LogP contribution is -2.32. The van der Waals surface area contributed by atoms with Gasteiger partial charge in [-0.1, -0.05) is 30.3 Å². The zero-order chi connectivity index (χ0) is 14.2. The van der Waals surface area contributed by atoms with Gasteiger partial charge >= 0.3 is 0 Å². The van der Waals surface area contributed by atoms with Crippen molar-refractivity contribution in [3.63, 3.8) is 0 Å². The molecule has 2 rings (SSSR count). The van der Waals surface area contributed by atoms with Gasteiger partial charge in [0.2, 0.25) is 5.91 Å². The first-order valence-electron chi connectivity index (χ1n) is 7.74. The Labute approximate surface area is 122 Å². The zero-order valence-corrected chi connectivity index (χ0v) is 12.5. The highest BCUT2D eigenvalue weighted by Gasteiger charge is 2.16. The highest BCUT2D eigenvalue weighted by molar-refractivity contribution is 5.75. The molecule has 1 aliphatic rings. The van der Waals surface area contributed by atoms with E-state index in [2.05, 4.69) is 17.4 Å². The molecule has 0 spiro atoms. The van der Waals surface area contributed by atoms with Crippen LogP contribution in [-0.4, -0.2) is 37.5 Å². The number of amides is 1. The summed E-state index contributed by atoms with van der Waals surface area (Å²) in [6.07, 6.45) is 5.18. The van der Waals surface area contributed by atoms with Crippen LogP contribution >= 0.6 is 0 Å². The fourth-order valence-corrected chi connectivity index (χ4v) is 2.76. The Morgan fingerprint density at radius 1 is 1.35 bits per heavy atom. The predicted molar refractivity (Wildman–Crippen MR) is 82.6 cm³/mol. The smallest absolute Gasteiger partial charge is 0.222 e. The number of piperidine rings is 1. The lowest BCUT2D eigenvalue weighted by atomic mass is 9.94. The van der Waals surface area contributed by atoms with Crippen LogP contribution in [0.3, 0.4) is 0 Å². The topological polar surface area (TPSA) is 32.3 Å². The number of hydrogen-bond acceptors (Lipinski definition) is 2. The Balaban J connectivity index is 1.66. The summed E-state index contributed by atoms with van der Waals surface area (Å²) in [5, 5.41) is 3.41. The van der Waals surface area contributed by atoms with Crippen LogP contribution in [0.4, 0.5) is 0 Å². The average Bonchev–Trinajstić information content (AvgIpc) is 2.52. The van der Waals surface area contributed by atoms with E-state index in [0.29, 0.717) is 12.3 Å². The standard InChI is InChI=1S/C17H26N2O/c1-19(13-11-15-6-3-2-4-7-15)17(20)10-9-16-8-5-12-18-14-16/h2-4,6-7,16,18H,5,8-14H2,1H3. The van der Waals surface area contributed by atoms with E-state index in [1.165, 1.54) is 18.4 Å². The summed E-state index contributed by atoms with van der Waals surface area (Å²) < 4.78 is 0. The number of rotatable bonds is 6. The van der Waals surface area contributed by atoms with Gasteiger partial charge in [0, 0.05) is 20.0 Å². The summed E-state index contributed by atoms with van der Waals surface area (Å²) in [6.45, 7) is 3.04. The largest absolute Gasteiger partial charge is 0.345 e. The SMILES string of the molecule is CN(CCc1ccccc1)C(=O)CCC1CCCNC1. The van der Waals surface area contributed by atoms with Crippen LogP contribution in [0, 0.1) is 5.92 Å². The number of carbonyl (C=O) groups excluding carboxylic acids is 1. The molecule has 0 aliphatic carbocycles. The van der Waals surface area contributed by atoms with E-state index in [4.69, 9.17) is 0 Å². The lowest BCUT2D eigenvalue weighted by Gasteiger charge is -2.23. The first-order valence-corrected chi connectivity index (χ1v) is 7.74. The lowest BCUT2D eigenvalue weighted by molar-refractivity contribution is -0.130. The Hall–Kier alpha value is -1.35. The normalized spacial score (nSPS) is 18.8. The summed E-state index contributed by atoms with van der Waals surface area (Å²) in [4.78, 5) is 14.0. The number of nitrogens with zero attached hydrogens (tertiary/aromatic N) is 1. The van der Waals surface area contributed by atoms with Gasteiger partial charge in [0.25, 0.3) is 0 Å². The summed E-state index contributed by atoms with van der Waals surface area (Å²) in [7, 11) is 1.92. The maximum absolute atomic E-state index is 12.1. The summed E-state index contributed by atoms with van der Waals surface area (Å²) in [6, 6.07) is 10.4. The van der Waals surface area contributed by atoms with E-state index >= 15 is 0 Å². The first-order chi connectivity index (χ1) is 9.75. The Morgan fingerprint density at radius 2 is 2.15 bits per heavy atom. The van der Waals surface area contributed by atoms with Gasteiger partial charge < -0.3 is 10.2 Å². The van der Waals surface area contributed by atoms with Crippen molar-refractivity contribution in [2.24, 2.45) is 5.92 Å². The second-order valence-electron chi connectivity index (χ2n) is 5.80. The predicted octanol–water partition coefficient (Wildman–Crippen LogP) is 2.47. The third-order valence-corrected chi connectivity index (χ3v) is 4.17. The van der Waals surface area contributed by atoms with Gasteiger partial charge in [-0.25, -0.2) is 0 Å². The molecule has 110 valence electrons. The van der Waals surface area contributed by atoms with Crippen LogP contribution in [0.5, 0.6) is 0 Å². The highest BCUT2D eigenvalue weighted by Crippen LogP contribution is 2.16. The van der Waals surface area contributed by atoms with E-state index in [0.717, 1.165) is 32.5 Å². The van der Waals surface area contributed by atoms with Gasteiger partial charge in [-0.15, -0.1) is 0 Å². The molecule has 0 bridgehead atoms. The molecule has 1 N–H and O–H groups in total. The van der Waals surface area contributed by atoms with Crippen LogP contribution in [-0.2, 0) is 11.2 Å².